The van der Waals surface area contributed by atoms with Crippen molar-refractivity contribution in [3.05, 3.63) is 45.4 Å². The summed E-state index contributed by atoms with van der Waals surface area (Å²) in [5, 5.41) is 4.48. The van der Waals surface area contributed by atoms with Crippen LogP contribution in [-0.4, -0.2) is 25.7 Å². The van der Waals surface area contributed by atoms with Crippen molar-refractivity contribution in [1.82, 2.24) is 10.3 Å². The Hall–Kier alpha value is -1.43. The monoisotopic (exact) mass is 306 g/mol. The first-order valence-electron chi connectivity index (χ1n) is 7.06. The van der Waals surface area contributed by atoms with Crippen LogP contribution in [-0.2, 0) is 24.3 Å². The number of hydrogen-bond acceptors (Lipinski definition) is 5. The highest BCUT2D eigenvalue weighted by Crippen LogP contribution is 2.23. The minimum Gasteiger partial charge on any atom is -0.497 e. The lowest BCUT2D eigenvalue weighted by molar-refractivity contribution is 0.181. The molecule has 0 aliphatic rings. The standard InChI is InChI=1S/C16H22N2O2S/c1-4-17-10-15-14(11-19-2)18-16(21-15)9-12-5-7-13(20-3)8-6-12/h5-8,17H,4,9-11H2,1-3H3. The molecule has 114 valence electrons. The van der Waals surface area contributed by atoms with Crippen LogP contribution in [0.25, 0.3) is 0 Å². The molecular weight excluding hydrogens is 284 g/mol. The average Bonchev–Trinajstić information content (AvgIpc) is 2.88. The summed E-state index contributed by atoms with van der Waals surface area (Å²) in [6.07, 6.45) is 0.845. The van der Waals surface area contributed by atoms with E-state index in [1.165, 1.54) is 10.4 Å². The molecule has 2 aromatic rings. The van der Waals surface area contributed by atoms with E-state index in [4.69, 9.17) is 14.5 Å². The molecule has 1 heterocycles. The summed E-state index contributed by atoms with van der Waals surface area (Å²) in [5.74, 6) is 0.880. The topological polar surface area (TPSA) is 43.4 Å². The molecule has 1 aromatic carbocycles. The van der Waals surface area contributed by atoms with Crippen LogP contribution in [0.2, 0.25) is 0 Å². The summed E-state index contributed by atoms with van der Waals surface area (Å²) in [6, 6.07) is 8.14. The third-order valence-corrected chi connectivity index (χ3v) is 4.25. The Balaban J connectivity index is 2.10. The molecule has 0 unspecified atom stereocenters. The Morgan fingerprint density at radius 2 is 1.95 bits per heavy atom. The molecule has 4 nitrogen and oxygen atoms in total. The van der Waals surface area contributed by atoms with Crippen LogP contribution in [0.15, 0.2) is 24.3 Å². The van der Waals surface area contributed by atoms with E-state index in [1.54, 1.807) is 25.6 Å². The van der Waals surface area contributed by atoms with Gasteiger partial charge in [-0.1, -0.05) is 19.1 Å². The molecule has 21 heavy (non-hydrogen) atoms. The SMILES string of the molecule is CCNCc1sc(Cc2ccc(OC)cc2)nc1COC. The maximum atomic E-state index is 5.24. The lowest BCUT2D eigenvalue weighted by atomic mass is 10.1. The van der Waals surface area contributed by atoms with Gasteiger partial charge in [0.05, 0.1) is 24.4 Å². The van der Waals surface area contributed by atoms with E-state index in [0.717, 1.165) is 36.0 Å². The average molecular weight is 306 g/mol. The zero-order chi connectivity index (χ0) is 15.1. The summed E-state index contributed by atoms with van der Waals surface area (Å²) in [5.41, 5.74) is 2.29. The van der Waals surface area contributed by atoms with Crippen molar-refractivity contribution < 1.29 is 9.47 Å². The van der Waals surface area contributed by atoms with Gasteiger partial charge in [-0.2, -0.15) is 0 Å². The van der Waals surface area contributed by atoms with Crippen LogP contribution in [0.4, 0.5) is 0 Å². The van der Waals surface area contributed by atoms with E-state index in [9.17, 15) is 0 Å². The van der Waals surface area contributed by atoms with Gasteiger partial charge in [-0.15, -0.1) is 11.3 Å². The van der Waals surface area contributed by atoms with Gasteiger partial charge >= 0.3 is 0 Å². The number of nitrogens with zero attached hydrogens (tertiary/aromatic N) is 1. The first-order chi connectivity index (χ1) is 10.3. The second kappa shape index (κ2) is 8.12. The molecule has 0 bridgehead atoms. The molecule has 0 atom stereocenters. The van der Waals surface area contributed by atoms with Gasteiger partial charge < -0.3 is 14.8 Å². The van der Waals surface area contributed by atoms with Gasteiger partial charge in [-0.25, -0.2) is 4.98 Å². The van der Waals surface area contributed by atoms with Gasteiger partial charge in [0.2, 0.25) is 0 Å². The van der Waals surface area contributed by atoms with E-state index in [1.807, 2.05) is 12.1 Å². The van der Waals surface area contributed by atoms with Gasteiger partial charge in [-0.05, 0) is 24.2 Å². The number of hydrogen-bond donors (Lipinski definition) is 1. The fourth-order valence-electron chi connectivity index (χ4n) is 2.06. The molecule has 5 heteroatoms. The van der Waals surface area contributed by atoms with Crippen molar-refractivity contribution in [1.29, 1.82) is 0 Å². The second-order valence-electron chi connectivity index (χ2n) is 4.72. The maximum Gasteiger partial charge on any atom is 0.118 e. The zero-order valence-corrected chi connectivity index (χ0v) is 13.6. The number of aromatic nitrogens is 1. The highest BCUT2D eigenvalue weighted by Gasteiger charge is 2.11. The fourth-order valence-corrected chi connectivity index (χ4v) is 3.13. The van der Waals surface area contributed by atoms with Crippen molar-refractivity contribution in [2.75, 3.05) is 20.8 Å². The predicted octanol–water partition coefficient (Wildman–Crippen LogP) is 3.00. The van der Waals surface area contributed by atoms with Crippen LogP contribution in [0.3, 0.4) is 0 Å². The summed E-state index contributed by atoms with van der Waals surface area (Å²) in [6.45, 7) is 4.49. The van der Waals surface area contributed by atoms with Crippen molar-refractivity contribution >= 4 is 11.3 Å². The number of nitrogens with one attached hydrogen (secondary N) is 1. The lowest BCUT2D eigenvalue weighted by Gasteiger charge is -2.01. The maximum absolute atomic E-state index is 5.24. The predicted molar refractivity (Wildman–Crippen MR) is 86.0 cm³/mol. The molecule has 0 amide bonds. The second-order valence-corrected chi connectivity index (χ2v) is 5.88. The minimum atomic E-state index is 0.569. The first kappa shape index (κ1) is 15.9. The summed E-state index contributed by atoms with van der Waals surface area (Å²) < 4.78 is 10.4. The Morgan fingerprint density at radius 1 is 1.19 bits per heavy atom. The highest BCUT2D eigenvalue weighted by atomic mass is 32.1. The molecule has 0 aliphatic heterocycles. The van der Waals surface area contributed by atoms with Gasteiger partial charge in [0.15, 0.2) is 0 Å². The largest absolute Gasteiger partial charge is 0.497 e. The Kier molecular flexibility index (Phi) is 6.17. The first-order valence-corrected chi connectivity index (χ1v) is 7.88. The number of methoxy groups -OCH3 is 2. The number of rotatable bonds is 8. The van der Waals surface area contributed by atoms with Crippen LogP contribution in [0, 0.1) is 0 Å². The van der Waals surface area contributed by atoms with Crippen LogP contribution >= 0.6 is 11.3 Å². The minimum absolute atomic E-state index is 0.569. The number of ether oxygens (including phenoxy) is 2. The van der Waals surface area contributed by atoms with E-state index in [0.29, 0.717) is 6.61 Å². The number of benzene rings is 1. The van der Waals surface area contributed by atoms with Crippen molar-refractivity contribution in [2.24, 2.45) is 0 Å². The van der Waals surface area contributed by atoms with Crippen LogP contribution in [0.1, 0.15) is 28.1 Å². The quantitative estimate of drug-likeness (QED) is 0.814. The van der Waals surface area contributed by atoms with E-state index in [2.05, 4.69) is 24.4 Å². The Morgan fingerprint density at radius 3 is 2.57 bits per heavy atom. The zero-order valence-electron chi connectivity index (χ0n) is 12.8. The van der Waals surface area contributed by atoms with Crippen molar-refractivity contribution in [3.63, 3.8) is 0 Å². The smallest absolute Gasteiger partial charge is 0.118 e. The third kappa shape index (κ3) is 4.52. The molecule has 0 spiro atoms. The molecule has 0 saturated heterocycles. The van der Waals surface area contributed by atoms with E-state index < -0.39 is 0 Å². The molecule has 0 fully saturated rings. The van der Waals surface area contributed by atoms with Crippen LogP contribution in [0.5, 0.6) is 5.75 Å². The normalized spacial score (nSPS) is 10.8. The van der Waals surface area contributed by atoms with Gasteiger partial charge in [0.25, 0.3) is 0 Å². The van der Waals surface area contributed by atoms with E-state index >= 15 is 0 Å². The molecule has 0 radical (unpaired) electrons. The molecule has 2 rings (SSSR count). The molecule has 1 aromatic heterocycles. The Bertz CT molecular complexity index is 552. The van der Waals surface area contributed by atoms with Gasteiger partial charge in [-0.3, -0.25) is 0 Å². The fraction of sp³-hybridized carbons (Fsp3) is 0.438. The highest BCUT2D eigenvalue weighted by molar-refractivity contribution is 7.11. The summed E-state index contributed by atoms with van der Waals surface area (Å²) in [4.78, 5) is 5.98. The van der Waals surface area contributed by atoms with Gasteiger partial charge in [0, 0.05) is 25.0 Å². The molecule has 0 aliphatic carbocycles. The van der Waals surface area contributed by atoms with Gasteiger partial charge in [0.1, 0.15) is 5.75 Å². The lowest BCUT2D eigenvalue weighted by Crippen LogP contribution is -2.12. The van der Waals surface area contributed by atoms with Crippen LogP contribution < -0.4 is 10.1 Å². The Labute approximate surface area is 130 Å². The third-order valence-electron chi connectivity index (χ3n) is 3.15. The van der Waals surface area contributed by atoms with Crippen molar-refractivity contribution in [2.45, 2.75) is 26.5 Å². The summed E-state index contributed by atoms with van der Waals surface area (Å²) in [7, 11) is 3.39. The molecule has 1 N–H and O–H groups in total. The van der Waals surface area contributed by atoms with E-state index in [-0.39, 0.29) is 0 Å². The summed E-state index contributed by atoms with van der Waals surface area (Å²) >= 11 is 1.76. The molecule has 0 saturated carbocycles. The number of thiazole rings is 1. The van der Waals surface area contributed by atoms with Crippen molar-refractivity contribution in [3.8, 4) is 5.75 Å². The molecular formula is C16H22N2O2S.